The minimum absolute atomic E-state index is 0.0974. The molecule has 20 heavy (non-hydrogen) atoms. The number of carbonyl (C=O) groups is 1. The van der Waals surface area contributed by atoms with Crippen molar-refractivity contribution in [3.63, 3.8) is 0 Å². The number of hydrogen-bond donors (Lipinski definition) is 0. The first kappa shape index (κ1) is 13.3. The molecule has 2 aliphatic rings. The van der Waals surface area contributed by atoms with Crippen LogP contribution in [0, 0.1) is 5.92 Å². The minimum atomic E-state index is -0.294. The van der Waals surface area contributed by atoms with Crippen LogP contribution in [-0.4, -0.2) is 32.1 Å². The lowest BCUT2D eigenvalue weighted by Gasteiger charge is -2.24. The Morgan fingerprint density at radius 3 is 3.00 bits per heavy atom. The summed E-state index contributed by atoms with van der Waals surface area (Å²) in [4.78, 5) is 11.8. The molecule has 3 rings (SSSR count). The lowest BCUT2D eigenvalue weighted by Crippen LogP contribution is -2.26. The molecule has 106 valence electrons. The van der Waals surface area contributed by atoms with Crippen LogP contribution in [0.2, 0.25) is 0 Å². The van der Waals surface area contributed by atoms with E-state index in [-0.39, 0.29) is 18.9 Å². The molecule has 2 aliphatic heterocycles. The minimum Gasteiger partial charge on any atom is -0.458 e. The third-order valence-electron chi connectivity index (χ3n) is 3.73. The van der Waals surface area contributed by atoms with Crippen LogP contribution in [0.4, 0.5) is 0 Å². The lowest BCUT2D eigenvalue weighted by molar-refractivity contribution is -0.150. The van der Waals surface area contributed by atoms with Crippen LogP contribution in [0.3, 0.4) is 0 Å². The molecule has 4 heteroatoms. The zero-order valence-electron chi connectivity index (χ0n) is 11.3. The monoisotopic (exact) mass is 274 g/mol. The van der Waals surface area contributed by atoms with Crippen LogP contribution in [0.15, 0.2) is 42.0 Å². The van der Waals surface area contributed by atoms with Gasteiger partial charge in [-0.2, -0.15) is 0 Å². The first-order chi connectivity index (χ1) is 9.84. The van der Waals surface area contributed by atoms with Gasteiger partial charge in [0.15, 0.2) is 6.29 Å². The zero-order chi connectivity index (χ0) is 13.8. The van der Waals surface area contributed by atoms with Gasteiger partial charge in [-0.05, 0) is 36.6 Å². The molecule has 2 heterocycles. The summed E-state index contributed by atoms with van der Waals surface area (Å²) < 4.78 is 16.4. The molecule has 2 saturated heterocycles. The number of esters is 1. The molecular weight excluding hydrogens is 256 g/mol. The largest absolute Gasteiger partial charge is 0.458 e. The maximum Gasteiger partial charge on any atom is 0.338 e. The van der Waals surface area contributed by atoms with E-state index in [1.807, 2.05) is 24.3 Å². The Kier molecular flexibility index (Phi) is 4.14. The van der Waals surface area contributed by atoms with Gasteiger partial charge in [0.05, 0.1) is 12.2 Å². The highest BCUT2D eigenvalue weighted by Crippen LogP contribution is 2.34. The Labute approximate surface area is 118 Å². The average molecular weight is 274 g/mol. The van der Waals surface area contributed by atoms with Crippen LogP contribution < -0.4 is 0 Å². The topological polar surface area (TPSA) is 44.8 Å². The van der Waals surface area contributed by atoms with Crippen molar-refractivity contribution >= 4 is 5.97 Å². The second-order valence-corrected chi connectivity index (χ2v) is 5.04. The van der Waals surface area contributed by atoms with E-state index < -0.39 is 0 Å². The van der Waals surface area contributed by atoms with Gasteiger partial charge in [-0.25, -0.2) is 4.79 Å². The second kappa shape index (κ2) is 6.20. The molecule has 0 radical (unpaired) electrons. The summed E-state index contributed by atoms with van der Waals surface area (Å²) in [6.07, 6.45) is 4.01. The summed E-state index contributed by atoms with van der Waals surface area (Å²) in [6.45, 7) is 1.64. The van der Waals surface area contributed by atoms with Gasteiger partial charge < -0.3 is 14.2 Å². The zero-order valence-corrected chi connectivity index (χ0v) is 11.3. The van der Waals surface area contributed by atoms with E-state index in [9.17, 15) is 4.79 Å². The van der Waals surface area contributed by atoms with Crippen molar-refractivity contribution in [3.8, 4) is 0 Å². The summed E-state index contributed by atoms with van der Waals surface area (Å²) >= 11 is 0. The fourth-order valence-electron chi connectivity index (χ4n) is 2.66. The van der Waals surface area contributed by atoms with E-state index in [1.54, 1.807) is 12.1 Å². The van der Waals surface area contributed by atoms with Gasteiger partial charge in [-0.3, -0.25) is 0 Å². The number of fused-ring (bicyclic) bond motifs is 1. The summed E-state index contributed by atoms with van der Waals surface area (Å²) in [7, 11) is 0. The number of ether oxygens (including phenoxy) is 3. The quantitative estimate of drug-likeness (QED) is 0.627. The van der Waals surface area contributed by atoms with Gasteiger partial charge >= 0.3 is 5.97 Å². The van der Waals surface area contributed by atoms with E-state index in [4.69, 9.17) is 14.2 Å². The van der Waals surface area contributed by atoms with Crippen molar-refractivity contribution in [1.82, 2.24) is 0 Å². The summed E-state index contributed by atoms with van der Waals surface area (Å²) in [6, 6.07) is 9.02. The average Bonchev–Trinajstić information content (AvgIpc) is 2.92. The number of hydrogen-bond acceptors (Lipinski definition) is 4. The van der Waals surface area contributed by atoms with E-state index in [0.29, 0.717) is 18.1 Å². The van der Waals surface area contributed by atoms with Crippen LogP contribution in [0.5, 0.6) is 0 Å². The Hall–Kier alpha value is -1.65. The molecule has 0 amide bonds. The van der Waals surface area contributed by atoms with Crippen LogP contribution in [0.25, 0.3) is 0 Å². The summed E-state index contributed by atoms with van der Waals surface area (Å²) in [5, 5.41) is 0. The molecule has 0 bridgehead atoms. The molecule has 4 nitrogen and oxygen atoms in total. The van der Waals surface area contributed by atoms with Crippen LogP contribution in [-0.2, 0) is 14.2 Å². The Balaban J connectivity index is 1.54. The van der Waals surface area contributed by atoms with Gasteiger partial charge in [-0.15, -0.1) is 0 Å². The van der Waals surface area contributed by atoms with E-state index in [2.05, 4.69) is 0 Å². The van der Waals surface area contributed by atoms with Crippen molar-refractivity contribution in [2.45, 2.75) is 19.1 Å². The Morgan fingerprint density at radius 2 is 2.15 bits per heavy atom. The standard InChI is InChI=1S/C16H18O4/c17-15(12-5-2-1-3-6-12)18-10-8-13-11-20-16-14(13)7-4-9-19-16/h1-3,5-6,8,14,16H,4,7,9-11H2/b13-8+/t14-,16+/m1/s1. The molecule has 0 spiro atoms. The van der Waals surface area contributed by atoms with Crippen LogP contribution in [0.1, 0.15) is 23.2 Å². The molecule has 1 aromatic rings. The Bertz CT molecular complexity index is 494. The highest BCUT2D eigenvalue weighted by atomic mass is 16.7. The van der Waals surface area contributed by atoms with Gasteiger partial charge in [0, 0.05) is 12.5 Å². The second-order valence-electron chi connectivity index (χ2n) is 5.04. The van der Waals surface area contributed by atoms with E-state index >= 15 is 0 Å². The van der Waals surface area contributed by atoms with Crippen LogP contribution >= 0.6 is 0 Å². The normalized spacial score (nSPS) is 27.3. The SMILES string of the molecule is O=C(OC/C=C1\CO[C@@H]2OCCC[C@H]12)c1ccccc1. The third-order valence-corrected chi connectivity index (χ3v) is 3.73. The molecule has 0 saturated carbocycles. The highest BCUT2D eigenvalue weighted by molar-refractivity contribution is 5.89. The third kappa shape index (κ3) is 2.92. The van der Waals surface area contributed by atoms with Crippen molar-refractivity contribution < 1.29 is 19.0 Å². The molecule has 1 aromatic carbocycles. The predicted octanol–water partition coefficient (Wildman–Crippen LogP) is 2.55. The van der Waals surface area contributed by atoms with Gasteiger partial charge in [0.25, 0.3) is 0 Å². The van der Waals surface area contributed by atoms with Crippen molar-refractivity contribution in [2.75, 3.05) is 19.8 Å². The van der Waals surface area contributed by atoms with Crippen molar-refractivity contribution in [2.24, 2.45) is 5.92 Å². The van der Waals surface area contributed by atoms with Gasteiger partial charge in [0.1, 0.15) is 6.61 Å². The summed E-state index contributed by atoms with van der Waals surface area (Å²) in [5.74, 6) is 0.0389. The molecule has 0 N–H and O–H groups in total. The highest BCUT2D eigenvalue weighted by Gasteiger charge is 2.35. The molecule has 2 fully saturated rings. The lowest BCUT2D eigenvalue weighted by atomic mass is 9.94. The van der Waals surface area contributed by atoms with Gasteiger partial charge in [0.2, 0.25) is 0 Å². The Morgan fingerprint density at radius 1 is 1.30 bits per heavy atom. The molecule has 0 unspecified atom stereocenters. The van der Waals surface area contributed by atoms with E-state index in [1.165, 1.54) is 5.57 Å². The van der Waals surface area contributed by atoms with Gasteiger partial charge in [-0.1, -0.05) is 18.2 Å². The first-order valence-electron chi connectivity index (χ1n) is 6.99. The fraction of sp³-hybridized carbons (Fsp3) is 0.438. The maximum absolute atomic E-state index is 11.8. The predicted molar refractivity (Wildman–Crippen MR) is 73.2 cm³/mol. The fourth-order valence-corrected chi connectivity index (χ4v) is 2.66. The molecule has 0 aromatic heterocycles. The van der Waals surface area contributed by atoms with E-state index in [0.717, 1.165) is 19.4 Å². The van der Waals surface area contributed by atoms with Crippen molar-refractivity contribution in [3.05, 3.63) is 47.5 Å². The van der Waals surface area contributed by atoms with Crippen molar-refractivity contribution in [1.29, 1.82) is 0 Å². The number of carbonyl (C=O) groups excluding carboxylic acids is 1. The molecule has 2 atom stereocenters. The maximum atomic E-state index is 11.8. The number of benzene rings is 1. The first-order valence-corrected chi connectivity index (χ1v) is 6.99. The molecule has 0 aliphatic carbocycles. The number of rotatable bonds is 3. The smallest absolute Gasteiger partial charge is 0.338 e. The summed E-state index contributed by atoms with van der Waals surface area (Å²) in [5.41, 5.74) is 1.77. The molecular formula is C16H18O4.